The fraction of sp³-hybridized carbons (Fsp3) is 0.429. The number of piperidine rings is 1. The van der Waals surface area contributed by atoms with E-state index in [4.69, 9.17) is 5.11 Å². The topological polar surface area (TPSA) is 77.8 Å². The average molecular weight is 389 g/mol. The Kier molecular flexibility index (Phi) is 4.33. The second-order valence-electron chi connectivity index (χ2n) is 5.07. The molecule has 0 aliphatic carbocycles. The van der Waals surface area contributed by atoms with E-state index >= 15 is 0 Å². The second kappa shape index (κ2) is 5.69. The van der Waals surface area contributed by atoms with Crippen molar-refractivity contribution in [1.29, 1.82) is 0 Å². The molecule has 0 radical (unpaired) electrons. The fourth-order valence-electron chi connectivity index (χ4n) is 2.28. The van der Waals surface area contributed by atoms with Crippen molar-refractivity contribution in [3.05, 3.63) is 32.9 Å². The highest BCUT2D eigenvalue weighted by Crippen LogP contribution is 2.25. The highest BCUT2D eigenvalue weighted by molar-refractivity contribution is 14.1. The summed E-state index contributed by atoms with van der Waals surface area (Å²) in [5.74, 6) is -1.32. The fourth-order valence-corrected chi connectivity index (χ4v) is 2.87. The molecule has 1 heterocycles. The van der Waals surface area contributed by atoms with E-state index < -0.39 is 11.6 Å². The Labute approximate surface area is 130 Å². The van der Waals surface area contributed by atoms with E-state index in [0.717, 1.165) is 9.13 Å². The molecular weight excluding hydrogens is 373 g/mol. The molecule has 1 aromatic rings. The van der Waals surface area contributed by atoms with Gasteiger partial charge in [0.15, 0.2) is 5.60 Å². The molecule has 2 rings (SSSR count). The average Bonchev–Trinajstić information content (AvgIpc) is 2.42. The van der Waals surface area contributed by atoms with Crippen LogP contribution in [0, 0.1) is 10.5 Å². The zero-order valence-corrected chi connectivity index (χ0v) is 13.3. The van der Waals surface area contributed by atoms with Crippen LogP contribution in [-0.4, -0.2) is 45.7 Å². The molecular formula is C14H16INO4. The summed E-state index contributed by atoms with van der Waals surface area (Å²) < 4.78 is 0.911. The van der Waals surface area contributed by atoms with Crippen LogP contribution < -0.4 is 0 Å². The quantitative estimate of drug-likeness (QED) is 0.755. The van der Waals surface area contributed by atoms with E-state index in [1.165, 1.54) is 0 Å². The smallest absolute Gasteiger partial charge is 0.335 e. The van der Waals surface area contributed by atoms with Crippen molar-refractivity contribution in [2.75, 3.05) is 13.1 Å². The largest absolute Gasteiger partial charge is 0.479 e. The Morgan fingerprint density at radius 3 is 2.45 bits per heavy atom. The van der Waals surface area contributed by atoms with Gasteiger partial charge in [-0.25, -0.2) is 4.79 Å². The highest BCUT2D eigenvalue weighted by Gasteiger charge is 2.40. The third kappa shape index (κ3) is 2.80. The number of carboxylic acid groups (broad SMARTS) is 1. The van der Waals surface area contributed by atoms with E-state index in [1.807, 2.05) is 19.1 Å². The van der Waals surface area contributed by atoms with E-state index in [9.17, 15) is 14.7 Å². The summed E-state index contributed by atoms with van der Waals surface area (Å²) in [5, 5.41) is 18.8. The zero-order chi connectivity index (χ0) is 14.9. The molecule has 1 aliphatic rings. The number of carbonyl (C=O) groups excluding carboxylic acids is 1. The number of aryl methyl sites for hydroxylation is 1. The number of hydrogen-bond acceptors (Lipinski definition) is 3. The summed E-state index contributed by atoms with van der Waals surface area (Å²) in [6, 6.07) is 5.55. The lowest BCUT2D eigenvalue weighted by Gasteiger charge is -2.35. The maximum atomic E-state index is 12.4. The number of hydrogen-bond donors (Lipinski definition) is 2. The van der Waals surface area contributed by atoms with Crippen LogP contribution in [-0.2, 0) is 4.79 Å². The van der Waals surface area contributed by atoms with Crippen molar-refractivity contribution in [2.24, 2.45) is 0 Å². The molecule has 0 unspecified atom stereocenters. The highest BCUT2D eigenvalue weighted by atomic mass is 127. The third-order valence-electron chi connectivity index (χ3n) is 3.70. The van der Waals surface area contributed by atoms with Crippen LogP contribution in [0.2, 0.25) is 0 Å². The number of aliphatic carboxylic acids is 1. The number of benzene rings is 1. The molecule has 0 bridgehead atoms. The van der Waals surface area contributed by atoms with Gasteiger partial charge >= 0.3 is 5.97 Å². The number of aliphatic hydroxyl groups is 1. The molecule has 0 aromatic heterocycles. The Morgan fingerprint density at radius 1 is 1.30 bits per heavy atom. The molecule has 0 spiro atoms. The number of nitrogens with zero attached hydrogens (tertiary/aromatic N) is 1. The number of amides is 1. The van der Waals surface area contributed by atoms with Gasteiger partial charge in [-0.1, -0.05) is 12.1 Å². The van der Waals surface area contributed by atoms with Gasteiger partial charge in [0, 0.05) is 29.5 Å². The van der Waals surface area contributed by atoms with Crippen molar-refractivity contribution in [1.82, 2.24) is 4.90 Å². The zero-order valence-electron chi connectivity index (χ0n) is 11.1. The van der Waals surface area contributed by atoms with Gasteiger partial charge in [0.1, 0.15) is 0 Å². The minimum Gasteiger partial charge on any atom is -0.479 e. The lowest BCUT2D eigenvalue weighted by molar-refractivity contribution is -0.162. The van der Waals surface area contributed by atoms with Crippen LogP contribution in [0.4, 0.5) is 0 Å². The standard InChI is InChI=1S/C14H16INO4/c1-9-3-2-4-10(11(9)15)12(17)16-7-5-14(20,6-8-16)13(18)19/h2-4,20H,5-8H2,1H3,(H,18,19). The molecule has 1 saturated heterocycles. The molecule has 6 heteroatoms. The molecule has 0 atom stereocenters. The summed E-state index contributed by atoms with van der Waals surface area (Å²) in [4.78, 5) is 25.0. The monoisotopic (exact) mass is 389 g/mol. The van der Waals surface area contributed by atoms with Gasteiger partial charge in [-0.15, -0.1) is 0 Å². The van der Waals surface area contributed by atoms with Gasteiger partial charge in [-0.3, -0.25) is 4.79 Å². The van der Waals surface area contributed by atoms with Crippen LogP contribution in [0.15, 0.2) is 18.2 Å². The van der Waals surface area contributed by atoms with E-state index in [2.05, 4.69) is 22.6 Å². The third-order valence-corrected chi connectivity index (χ3v) is 5.13. The van der Waals surface area contributed by atoms with Crippen molar-refractivity contribution in [3.8, 4) is 0 Å². The Balaban J connectivity index is 2.13. The molecule has 20 heavy (non-hydrogen) atoms. The van der Waals surface area contributed by atoms with Crippen LogP contribution in [0.3, 0.4) is 0 Å². The van der Waals surface area contributed by atoms with Gasteiger partial charge in [-0.05, 0) is 41.1 Å². The summed E-state index contributed by atoms with van der Waals surface area (Å²) in [6.45, 7) is 2.45. The van der Waals surface area contributed by atoms with E-state index in [1.54, 1.807) is 11.0 Å². The maximum absolute atomic E-state index is 12.4. The molecule has 1 fully saturated rings. The predicted octanol–water partition coefficient (Wildman–Crippen LogP) is 1.65. The number of halogens is 1. The first-order valence-corrected chi connectivity index (χ1v) is 7.43. The summed E-state index contributed by atoms with van der Waals surface area (Å²) in [5.41, 5.74) is -0.0295. The van der Waals surface area contributed by atoms with Crippen molar-refractivity contribution in [3.63, 3.8) is 0 Å². The van der Waals surface area contributed by atoms with Crippen molar-refractivity contribution in [2.45, 2.75) is 25.4 Å². The minimum absolute atomic E-state index is 0.0659. The molecule has 1 aromatic carbocycles. The first kappa shape index (κ1) is 15.2. The Morgan fingerprint density at radius 2 is 1.90 bits per heavy atom. The van der Waals surface area contributed by atoms with Crippen molar-refractivity contribution < 1.29 is 19.8 Å². The lowest BCUT2D eigenvalue weighted by atomic mass is 9.91. The maximum Gasteiger partial charge on any atom is 0.335 e. The normalized spacial score (nSPS) is 17.9. The summed E-state index contributed by atoms with van der Waals surface area (Å²) in [7, 11) is 0. The summed E-state index contributed by atoms with van der Waals surface area (Å²) in [6.07, 6.45) is 0.132. The van der Waals surface area contributed by atoms with Crippen LogP contribution in [0.25, 0.3) is 0 Å². The SMILES string of the molecule is Cc1cccc(C(=O)N2CCC(O)(C(=O)O)CC2)c1I. The number of rotatable bonds is 2. The molecule has 5 nitrogen and oxygen atoms in total. The van der Waals surface area contributed by atoms with Gasteiger partial charge in [0.2, 0.25) is 0 Å². The van der Waals surface area contributed by atoms with E-state index in [-0.39, 0.29) is 31.8 Å². The molecule has 1 amide bonds. The van der Waals surface area contributed by atoms with Crippen LogP contribution in [0.1, 0.15) is 28.8 Å². The molecule has 2 N–H and O–H groups in total. The van der Waals surface area contributed by atoms with Gasteiger partial charge < -0.3 is 15.1 Å². The molecule has 1 aliphatic heterocycles. The van der Waals surface area contributed by atoms with Gasteiger partial charge in [-0.2, -0.15) is 0 Å². The molecule has 0 saturated carbocycles. The van der Waals surface area contributed by atoms with Gasteiger partial charge in [0.05, 0.1) is 5.56 Å². The molecule has 108 valence electrons. The van der Waals surface area contributed by atoms with Crippen molar-refractivity contribution >= 4 is 34.5 Å². The van der Waals surface area contributed by atoms with Crippen LogP contribution >= 0.6 is 22.6 Å². The predicted molar refractivity (Wildman–Crippen MR) is 81.6 cm³/mol. The first-order valence-electron chi connectivity index (χ1n) is 6.35. The minimum atomic E-state index is -1.70. The van der Waals surface area contributed by atoms with Crippen LogP contribution in [0.5, 0.6) is 0 Å². The Bertz CT molecular complexity index is 550. The number of likely N-dealkylation sites (tertiary alicyclic amines) is 1. The number of carbonyl (C=O) groups is 2. The van der Waals surface area contributed by atoms with E-state index in [0.29, 0.717) is 5.56 Å². The van der Waals surface area contributed by atoms with Gasteiger partial charge in [0.25, 0.3) is 5.91 Å². The Hall–Kier alpha value is -1.15. The lowest BCUT2D eigenvalue weighted by Crippen LogP contribution is -2.50. The summed E-state index contributed by atoms with van der Waals surface area (Å²) >= 11 is 2.14. The number of carboxylic acids is 1. The second-order valence-corrected chi connectivity index (χ2v) is 6.14. The first-order chi connectivity index (χ1) is 9.35.